The van der Waals surface area contributed by atoms with Crippen molar-refractivity contribution in [2.45, 2.75) is 69.2 Å². The van der Waals surface area contributed by atoms with Gasteiger partial charge in [-0.15, -0.1) is 0 Å². The zero-order chi connectivity index (χ0) is 30.0. The Morgan fingerprint density at radius 2 is 1.79 bits per heavy atom. The Kier molecular flexibility index (Phi) is 8.95. The van der Waals surface area contributed by atoms with Gasteiger partial charge in [0.1, 0.15) is 5.78 Å². The second-order valence-electron chi connectivity index (χ2n) is 11.1. The zero-order valence-electron chi connectivity index (χ0n) is 23.3. The lowest BCUT2D eigenvalue weighted by atomic mass is 9.82. The lowest BCUT2D eigenvalue weighted by Gasteiger charge is -2.29. The van der Waals surface area contributed by atoms with Crippen LogP contribution in [0, 0.1) is 11.8 Å². The summed E-state index contributed by atoms with van der Waals surface area (Å²) in [6, 6.07) is 4.16. The van der Waals surface area contributed by atoms with Crippen LogP contribution in [-0.4, -0.2) is 82.0 Å². The normalized spacial score (nSPS) is 26.0. The van der Waals surface area contributed by atoms with Crippen molar-refractivity contribution in [1.82, 2.24) is 9.80 Å². The van der Waals surface area contributed by atoms with Gasteiger partial charge in [0, 0.05) is 42.7 Å². The topological polar surface area (TPSA) is 156 Å². The molecule has 2 unspecified atom stereocenters. The highest BCUT2D eigenvalue weighted by atomic mass is 32.2. The lowest BCUT2D eigenvalue weighted by molar-refractivity contribution is -0.158. The Hall–Kier alpha value is -3.74. The number of fused-ring (bicyclic) bond motifs is 1. The Balaban J connectivity index is 1.06. The largest absolute Gasteiger partial charge is 0.428 e. The molecule has 13 heteroatoms. The smallest absolute Gasteiger partial charge is 0.414 e. The fourth-order valence-electron chi connectivity index (χ4n) is 6.18. The van der Waals surface area contributed by atoms with Gasteiger partial charge in [0.15, 0.2) is 5.78 Å². The first-order valence-electron chi connectivity index (χ1n) is 14.1. The van der Waals surface area contributed by atoms with Crippen molar-refractivity contribution in [3.63, 3.8) is 0 Å². The van der Waals surface area contributed by atoms with Gasteiger partial charge in [0.05, 0.1) is 23.6 Å². The fourth-order valence-corrected chi connectivity index (χ4v) is 6.82. The first-order valence-corrected chi connectivity index (χ1v) is 15.4. The van der Waals surface area contributed by atoms with Crippen molar-refractivity contribution in [2.24, 2.45) is 11.8 Å². The monoisotopic (exact) mass is 599 g/mol. The standard InChI is InChI=1S/C29H33N3O9S/c1-42-24-12-25(35)32(27(24)37)13-16-5-7-17(8-6-16)28(38)40-15-41-29(39)30-21-4-2-3-19-20(21)14-31(26(19)36)22-10-9-18(33)11-23(22)34/h2-4,16-17,22,24H,5-15H2,1H3,(H,30,39). The van der Waals surface area contributed by atoms with E-state index in [4.69, 9.17) is 9.47 Å². The molecule has 2 saturated carbocycles. The van der Waals surface area contributed by atoms with Crippen LogP contribution >= 0.6 is 11.8 Å². The van der Waals surface area contributed by atoms with Gasteiger partial charge in [0.2, 0.25) is 18.6 Å². The summed E-state index contributed by atoms with van der Waals surface area (Å²) in [5.41, 5.74) is 1.25. The number of carbonyl (C=O) groups is 7. The van der Waals surface area contributed by atoms with E-state index in [1.807, 2.05) is 6.26 Å². The van der Waals surface area contributed by atoms with Crippen molar-refractivity contribution >= 4 is 58.8 Å². The van der Waals surface area contributed by atoms with Gasteiger partial charge < -0.3 is 14.4 Å². The summed E-state index contributed by atoms with van der Waals surface area (Å²) < 4.78 is 10.2. The molecule has 2 atom stereocenters. The molecule has 1 aromatic carbocycles. The molecule has 2 aliphatic carbocycles. The van der Waals surface area contributed by atoms with Gasteiger partial charge in [0.25, 0.3) is 5.91 Å². The number of nitrogens with one attached hydrogen (secondary N) is 1. The third kappa shape index (κ3) is 6.20. The Morgan fingerprint density at radius 3 is 2.48 bits per heavy atom. The van der Waals surface area contributed by atoms with E-state index in [0.29, 0.717) is 49.0 Å². The molecule has 4 aliphatic rings. The summed E-state index contributed by atoms with van der Waals surface area (Å²) in [7, 11) is 0. The van der Waals surface area contributed by atoms with E-state index < -0.39 is 24.9 Å². The summed E-state index contributed by atoms with van der Waals surface area (Å²) in [4.78, 5) is 89.3. The number of Topliss-reactive ketones (excluding diaryl/α,β-unsaturated/α-hetero) is 2. The molecule has 0 spiro atoms. The van der Waals surface area contributed by atoms with Crippen LogP contribution in [0.4, 0.5) is 10.5 Å². The number of ketones is 2. The maximum Gasteiger partial charge on any atom is 0.414 e. The summed E-state index contributed by atoms with van der Waals surface area (Å²) in [6.07, 6.45) is 4.00. The average Bonchev–Trinajstić information content (AvgIpc) is 3.44. The van der Waals surface area contributed by atoms with Crippen molar-refractivity contribution in [3.05, 3.63) is 29.3 Å². The van der Waals surface area contributed by atoms with Crippen LogP contribution in [0.2, 0.25) is 0 Å². The van der Waals surface area contributed by atoms with Gasteiger partial charge >= 0.3 is 12.1 Å². The van der Waals surface area contributed by atoms with Crippen molar-refractivity contribution < 1.29 is 43.0 Å². The molecule has 0 radical (unpaired) electrons. The third-order valence-corrected chi connectivity index (χ3v) is 9.48. The minimum Gasteiger partial charge on any atom is -0.428 e. The number of amides is 4. The Bertz CT molecular complexity index is 1320. The Morgan fingerprint density at radius 1 is 1.02 bits per heavy atom. The number of anilines is 1. The van der Waals surface area contributed by atoms with Gasteiger partial charge in [-0.2, -0.15) is 11.8 Å². The molecule has 4 amide bonds. The number of nitrogens with zero attached hydrogens (tertiary/aromatic N) is 2. The molecule has 2 heterocycles. The third-order valence-electron chi connectivity index (χ3n) is 8.55. The second-order valence-corrected chi connectivity index (χ2v) is 12.2. The highest BCUT2D eigenvalue weighted by Gasteiger charge is 2.41. The number of thioether (sulfide) groups is 1. The van der Waals surface area contributed by atoms with Crippen molar-refractivity contribution in [3.8, 4) is 0 Å². The molecule has 0 bridgehead atoms. The van der Waals surface area contributed by atoms with E-state index >= 15 is 0 Å². The van der Waals surface area contributed by atoms with Crippen molar-refractivity contribution in [1.29, 1.82) is 0 Å². The summed E-state index contributed by atoms with van der Waals surface area (Å²) >= 11 is 1.39. The van der Waals surface area contributed by atoms with E-state index in [1.54, 1.807) is 18.2 Å². The highest BCUT2D eigenvalue weighted by molar-refractivity contribution is 8.00. The fraction of sp³-hybridized carbons (Fsp3) is 0.552. The molecule has 0 aromatic heterocycles. The van der Waals surface area contributed by atoms with Gasteiger partial charge in [-0.3, -0.25) is 39.0 Å². The molecule has 224 valence electrons. The van der Waals surface area contributed by atoms with Crippen LogP contribution in [0.1, 0.15) is 67.3 Å². The number of imide groups is 1. The van der Waals surface area contributed by atoms with Crippen LogP contribution in [0.25, 0.3) is 0 Å². The second kappa shape index (κ2) is 12.6. The quantitative estimate of drug-likeness (QED) is 0.204. The number of esters is 1. The van der Waals surface area contributed by atoms with E-state index in [1.165, 1.54) is 21.6 Å². The molecule has 1 N–H and O–H groups in total. The summed E-state index contributed by atoms with van der Waals surface area (Å²) in [6.45, 7) is -0.0871. The van der Waals surface area contributed by atoms with E-state index in [2.05, 4.69) is 5.32 Å². The van der Waals surface area contributed by atoms with Gasteiger partial charge in [-0.25, -0.2) is 4.79 Å². The number of carbonyl (C=O) groups excluding carboxylic acids is 7. The molecule has 12 nitrogen and oxygen atoms in total. The minimum atomic E-state index is -0.867. The number of ether oxygens (including phenoxy) is 2. The van der Waals surface area contributed by atoms with Crippen LogP contribution in [0.15, 0.2) is 18.2 Å². The molecule has 42 heavy (non-hydrogen) atoms. The number of hydrogen-bond donors (Lipinski definition) is 1. The van der Waals surface area contributed by atoms with E-state index in [0.717, 1.165) is 0 Å². The first kappa shape index (κ1) is 29.7. The maximum atomic E-state index is 13.0. The molecule has 3 fully saturated rings. The number of likely N-dealkylation sites (tertiary alicyclic amines) is 1. The van der Waals surface area contributed by atoms with Crippen LogP contribution < -0.4 is 5.32 Å². The van der Waals surface area contributed by atoms with Gasteiger partial charge in [-0.1, -0.05) is 6.07 Å². The number of hydrogen-bond acceptors (Lipinski definition) is 10. The van der Waals surface area contributed by atoms with Crippen LogP contribution in [0.5, 0.6) is 0 Å². The van der Waals surface area contributed by atoms with Crippen LogP contribution in [-0.2, 0) is 40.0 Å². The summed E-state index contributed by atoms with van der Waals surface area (Å²) in [5, 5.41) is 2.28. The van der Waals surface area contributed by atoms with Crippen LogP contribution in [0.3, 0.4) is 0 Å². The summed E-state index contributed by atoms with van der Waals surface area (Å²) in [5.74, 6) is -1.71. The maximum absolute atomic E-state index is 13.0. The Labute approximate surface area is 246 Å². The average molecular weight is 600 g/mol. The lowest BCUT2D eigenvalue weighted by Crippen LogP contribution is -2.44. The number of benzene rings is 1. The van der Waals surface area contributed by atoms with Crippen molar-refractivity contribution in [2.75, 3.05) is 24.9 Å². The molecular formula is C29H33N3O9S. The SMILES string of the molecule is CSC1CC(=O)N(CC2CCC(C(=O)OCOC(=O)Nc3cccc4c3CN(C3CCC(=O)CC3=O)C4=O)CC2)C1=O. The minimum absolute atomic E-state index is 0.116. The predicted octanol–water partition coefficient (Wildman–Crippen LogP) is 2.68. The zero-order valence-corrected chi connectivity index (χ0v) is 24.1. The predicted molar refractivity (Wildman–Crippen MR) is 149 cm³/mol. The molecule has 5 rings (SSSR count). The molecule has 1 aromatic rings. The van der Waals surface area contributed by atoms with E-state index in [-0.39, 0.29) is 78.6 Å². The molecule has 2 aliphatic heterocycles. The number of rotatable bonds is 8. The molecular weight excluding hydrogens is 566 g/mol. The highest BCUT2D eigenvalue weighted by Crippen LogP contribution is 2.34. The van der Waals surface area contributed by atoms with E-state index in [9.17, 15) is 33.6 Å². The first-order chi connectivity index (χ1) is 20.2. The molecule has 1 saturated heterocycles. The van der Waals surface area contributed by atoms with Gasteiger partial charge in [-0.05, 0) is 56.4 Å².